The lowest BCUT2D eigenvalue weighted by Crippen LogP contribution is -2.54. The molecule has 3 heteroatoms. The number of fused-ring (bicyclic) bond motifs is 5. The van der Waals surface area contributed by atoms with E-state index in [9.17, 15) is 15.0 Å². The second kappa shape index (κ2) is 5.54. The fourth-order valence-corrected chi connectivity index (χ4v) is 7.98. The van der Waals surface area contributed by atoms with Crippen LogP contribution in [0.4, 0.5) is 0 Å². The third-order valence-corrected chi connectivity index (χ3v) is 9.10. The van der Waals surface area contributed by atoms with E-state index in [1.165, 1.54) is 19.3 Å². The number of carbonyl (C=O) groups is 1. The van der Waals surface area contributed by atoms with E-state index in [2.05, 4.69) is 13.8 Å². The van der Waals surface area contributed by atoms with Crippen molar-refractivity contribution in [2.75, 3.05) is 0 Å². The summed E-state index contributed by atoms with van der Waals surface area (Å²) in [5.41, 5.74) is 0.368. The number of aliphatic hydroxyl groups excluding tert-OH is 2. The number of carbonyl (C=O) groups excluding carboxylic acids is 1. The van der Waals surface area contributed by atoms with Crippen LogP contribution >= 0.6 is 0 Å². The SMILES string of the molecule is CC(=O)[C@@H]1[C@H](O)C[C@@H]2[C@@H]3CC[C@H]4C[C@H](O)CC[C@]4(C)[C@H]3CC[C@@]21C. The predicted octanol–water partition coefficient (Wildman–Crippen LogP) is 3.57. The Balaban J connectivity index is 1.64. The quantitative estimate of drug-likeness (QED) is 0.771. The van der Waals surface area contributed by atoms with Crippen molar-refractivity contribution in [3.05, 3.63) is 0 Å². The zero-order valence-corrected chi connectivity index (χ0v) is 15.5. The lowest BCUT2D eigenvalue weighted by atomic mass is 9.44. The molecule has 0 radical (unpaired) electrons. The van der Waals surface area contributed by atoms with Gasteiger partial charge in [0.1, 0.15) is 5.78 Å². The molecule has 4 saturated carbocycles. The molecule has 0 heterocycles. The first kappa shape index (κ1) is 17.0. The van der Waals surface area contributed by atoms with Gasteiger partial charge in [0.05, 0.1) is 12.2 Å². The summed E-state index contributed by atoms with van der Waals surface area (Å²) in [7, 11) is 0. The summed E-state index contributed by atoms with van der Waals surface area (Å²) in [6.45, 7) is 6.44. The molecule has 4 fully saturated rings. The van der Waals surface area contributed by atoms with Crippen LogP contribution in [0.15, 0.2) is 0 Å². The van der Waals surface area contributed by atoms with Crippen LogP contribution in [-0.2, 0) is 4.79 Å². The molecule has 0 spiro atoms. The monoisotopic (exact) mass is 334 g/mol. The topological polar surface area (TPSA) is 57.5 Å². The van der Waals surface area contributed by atoms with Crippen molar-refractivity contribution in [1.29, 1.82) is 0 Å². The molecule has 0 aromatic heterocycles. The average Bonchev–Trinajstić information content (AvgIpc) is 2.78. The first-order chi connectivity index (χ1) is 11.3. The summed E-state index contributed by atoms with van der Waals surface area (Å²) in [4.78, 5) is 12.2. The van der Waals surface area contributed by atoms with Crippen LogP contribution in [0, 0.1) is 40.4 Å². The van der Waals surface area contributed by atoms with Gasteiger partial charge in [-0.2, -0.15) is 0 Å². The van der Waals surface area contributed by atoms with E-state index in [0.29, 0.717) is 23.2 Å². The van der Waals surface area contributed by atoms with Crippen LogP contribution < -0.4 is 0 Å². The maximum absolute atomic E-state index is 12.2. The summed E-state index contributed by atoms with van der Waals surface area (Å²) in [6, 6.07) is 0. The Labute approximate surface area is 146 Å². The molecule has 4 aliphatic rings. The Bertz CT molecular complexity index is 531. The summed E-state index contributed by atoms with van der Waals surface area (Å²) >= 11 is 0. The number of ketones is 1. The van der Waals surface area contributed by atoms with E-state index in [1.54, 1.807) is 6.92 Å². The molecular formula is C21H34O3. The van der Waals surface area contributed by atoms with E-state index < -0.39 is 6.10 Å². The maximum atomic E-state index is 12.2. The van der Waals surface area contributed by atoms with Gasteiger partial charge >= 0.3 is 0 Å². The fraction of sp³-hybridized carbons (Fsp3) is 0.952. The van der Waals surface area contributed by atoms with E-state index in [4.69, 9.17) is 0 Å². The van der Waals surface area contributed by atoms with Crippen molar-refractivity contribution in [2.45, 2.75) is 84.3 Å². The lowest BCUT2D eigenvalue weighted by Gasteiger charge is -2.60. The van der Waals surface area contributed by atoms with Crippen molar-refractivity contribution < 1.29 is 15.0 Å². The predicted molar refractivity (Wildman–Crippen MR) is 93.3 cm³/mol. The largest absolute Gasteiger partial charge is 0.393 e. The molecule has 0 bridgehead atoms. The molecule has 9 atom stereocenters. The molecule has 0 aromatic rings. The molecule has 2 N–H and O–H groups in total. The van der Waals surface area contributed by atoms with E-state index >= 15 is 0 Å². The Kier molecular flexibility index (Phi) is 3.93. The van der Waals surface area contributed by atoms with Gasteiger partial charge in [-0.25, -0.2) is 0 Å². The summed E-state index contributed by atoms with van der Waals surface area (Å²) in [6.07, 6.45) is 8.14. The number of aliphatic hydroxyl groups is 2. The van der Waals surface area contributed by atoms with Gasteiger partial charge in [-0.1, -0.05) is 13.8 Å². The van der Waals surface area contributed by atoms with Gasteiger partial charge in [-0.3, -0.25) is 4.79 Å². The van der Waals surface area contributed by atoms with Gasteiger partial charge in [0.15, 0.2) is 0 Å². The second-order valence-corrected chi connectivity index (χ2v) is 10.0. The number of Topliss-reactive ketones (excluding diaryl/α,β-unsaturated/α-hetero) is 1. The minimum absolute atomic E-state index is 0.00376. The summed E-state index contributed by atoms with van der Waals surface area (Å²) in [5.74, 6) is 2.60. The molecule has 136 valence electrons. The molecule has 0 aromatic carbocycles. The smallest absolute Gasteiger partial charge is 0.136 e. The maximum Gasteiger partial charge on any atom is 0.136 e. The fourth-order valence-electron chi connectivity index (χ4n) is 7.98. The van der Waals surface area contributed by atoms with E-state index in [-0.39, 0.29) is 23.2 Å². The molecular weight excluding hydrogens is 300 g/mol. The van der Waals surface area contributed by atoms with E-state index in [1.807, 2.05) is 0 Å². The lowest BCUT2D eigenvalue weighted by molar-refractivity contribution is -0.140. The van der Waals surface area contributed by atoms with Crippen LogP contribution in [0.25, 0.3) is 0 Å². The van der Waals surface area contributed by atoms with Gasteiger partial charge in [-0.05, 0) is 92.8 Å². The van der Waals surface area contributed by atoms with Crippen molar-refractivity contribution in [1.82, 2.24) is 0 Å². The number of hydrogen-bond acceptors (Lipinski definition) is 3. The Morgan fingerprint density at radius 1 is 0.917 bits per heavy atom. The van der Waals surface area contributed by atoms with Crippen LogP contribution in [0.1, 0.15) is 72.1 Å². The van der Waals surface area contributed by atoms with Crippen molar-refractivity contribution >= 4 is 5.78 Å². The normalized spacial score (nSPS) is 57.0. The van der Waals surface area contributed by atoms with Gasteiger partial charge in [0.25, 0.3) is 0 Å². The van der Waals surface area contributed by atoms with Crippen LogP contribution in [-0.4, -0.2) is 28.2 Å². The highest BCUT2D eigenvalue weighted by molar-refractivity contribution is 5.80. The van der Waals surface area contributed by atoms with Crippen LogP contribution in [0.3, 0.4) is 0 Å². The van der Waals surface area contributed by atoms with Crippen molar-refractivity contribution in [3.63, 3.8) is 0 Å². The molecule has 0 amide bonds. The van der Waals surface area contributed by atoms with Crippen LogP contribution in [0.5, 0.6) is 0 Å². The highest BCUT2D eigenvalue weighted by atomic mass is 16.3. The number of rotatable bonds is 1. The molecule has 4 aliphatic carbocycles. The standard InChI is InChI=1S/C21H34O3/c1-12(22)19-18(24)11-17-15-5-4-13-10-14(23)6-8-20(13,2)16(15)7-9-21(17,19)3/h13-19,23-24H,4-11H2,1-3H3/t13-,14+,15+,16-,17+,18+,19+,20-,21-/m0/s1. The van der Waals surface area contributed by atoms with Gasteiger partial charge in [0.2, 0.25) is 0 Å². The Morgan fingerprint density at radius 2 is 1.62 bits per heavy atom. The van der Waals surface area contributed by atoms with Gasteiger partial charge in [-0.15, -0.1) is 0 Å². The Hall–Kier alpha value is -0.410. The Morgan fingerprint density at radius 3 is 2.33 bits per heavy atom. The molecule has 0 saturated heterocycles. The molecule has 4 rings (SSSR count). The van der Waals surface area contributed by atoms with Crippen molar-refractivity contribution in [2.24, 2.45) is 40.4 Å². The van der Waals surface area contributed by atoms with Gasteiger partial charge < -0.3 is 10.2 Å². The molecule has 3 nitrogen and oxygen atoms in total. The van der Waals surface area contributed by atoms with Gasteiger partial charge in [0, 0.05) is 5.92 Å². The third-order valence-electron chi connectivity index (χ3n) is 9.10. The third kappa shape index (κ3) is 2.19. The minimum atomic E-state index is -0.435. The average molecular weight is 335 g/mol. The summed E-state index contributed by atoms with van der Waals surface area (Å²) in [5, 5.41) is 20.7. The minimum Gasteiger partial charge on any atom is -0.393 e. The first-order valence-corrected chi connectivity index (χ1v) is 10.1. The molecule has 0 unspecified atom stereocenters. The zero-order chi connectivity index (χ0) is 17.3. The highest BCUT2D eigenvalue weighted by Gasteiger charge is 2.62. The summed E-state index contributed by atoms with van der Waals surface area (Å²) < 4.78 is 0. The van der Waals surface area contributed by atoms with E-state index in [0.717, 1.165) is 38.0 Å². The highest BCUT2D eigenvalue weighted by Crippen LogP contribution is 2.67. The van der Waals surface area contributed by atoms with Crippen molar-refractivity contribution in [3.8, 4) is 0 Å². The van der Waals surface area contributed by atoms with Crippen LogP contribution in [0.2, 0.25) is 0 Å². The second-order valence-electron chi connectivity index (χ2n) is 10.0. The molecule has 24 heavy (non-hydrogen) atoms. The zero-order valence-electron chi connectivity index (χ0n) is 15.5. The number of hydrogen-bond donors (Lipinski definition) is 2. The molecule has 0 aliphatic heterocycles. The first-order valence-electron chi connectivity index (χ1n) is 10.1.